The van der Waals surface area contributed by atoms with Gasteiger partial charge in [0.2, 0.25) is 0 Å². The Morgan fingerprint density at radius 1 is 1.09 bits per heavy atom. The average molecular weight is 465 g/mol. The quantitative estimate of drug-likeness (QED) is 0.375. The molecular weight excluding hydrogens is 432 g/mol. The number of aliphatic hydroxyl groups excluding tert-OH is 1. The van der Waals surface area contributed by atoms with Crippen molar-refractivity contribution in [2.75, 3.05) is 13.2 Å². The lowest BCUT2D eigenvalue weighted by molar-refractivity contribution is -0.159. The standard InChI is InChI=1S/C26H32N4O4/c1-18(2)16-34-25(33)26(3,17-31)14-22(28-24(32)23-15-27-30-29-23)13-19-9-11-21(12-10-19)20-7-5-4-6-8-20/h4-12,15,18,22,31H,13-14,16-17H2,1-3H3,(H,28,32)(H,27,29,30). The SMILES string of the molecule is CC(C)COC(=O)C(C)(CO)CC(Cc1ccc(-c2ccccc2)cc1)NC(=O)c1cnn[nH]1. The van der Waals surface area contributed by atoms with E-state index in [4.69, 9.17) is 4.74 Å². The fourth-order valence-corrected chi connectivity index (χ4v) is 3.67. The van der Waals surface area contributed by atoms with E-state index in [-0.39, 0.29) is 30.5 Å². The van der Waals surface area contributed by atoms with Crippen LogP contribution in [0.25, 0.3) is 11.1 Å². The van der Waals surface area contributed by atoms with E-state index in [2.05, 4.69) is 20.7 Å². The summed E-state index contributed by atoms with van der Waals surface area (Å²) >= 11 is 0. The molecule has 0 aliphatic heterocycles. The highest BCUT2D eigenvalue weighted by molar-refractivity contribution is 5.92. The van der Waals surface area contributed by atoms with E-state index in [1.54, 1.807) is 6.92 Å². The number of carbonyl (C=O) groups is 2. The van der Waals surface area contributed by atoms with Gasteiger partial charge < -0.3 is 15.2 Å². The lowest BCUT2D eigenvalue weighted by Gasteiger charge is -2.30. The second-order valence-corrected chi connectivity index (χ2v) is 9.22. The van der Waals surface area contributed by atoms with Crippen molar-refractivity contribution in [3.8, 4) is 11.1 Å². The molecule has 0 fully saturated rings. The Kier molecular flexibility index (Phi) is 8.54. The number of nitrogens with zero attached hydrogens (tertiary/aromatic N) is 2. The van der Waals surface area contributed by atoms with Crippen molar-refractivity contribution in [2.24, 2.45) is 11.3 Å². The lowest BCUT2D eigenvalue weighted by Crippen LogP contribution is -2.45. The Labute approximate surface area is 199 Å². The average Bonchev–Trinajstić information content (AvgIpc) is 3.38. The van der Waals surface area contributed by atoms with E-state index in [0.717, 1.165) is 16.7 Å². The van der Waals surface area contributed by atoms with Gasteiger partial charge in [-0.05, 0) is 42.4 Å². The number of benzene rings is 2. The second kappa shape index (κ2) is 11.6. The topological polar surface area (TPSA) is 117 Å². The smallest absolute Gasteiger partial charge is 0.314 e. The number of aliphatic hydroxyl groups is 1. The molecule has 0 aliphatic rings. The minimum absolute atomic E-state index is 0.179. The summed E-state index contributed by atoms with van der Waals surface area (Å²) in [6.45, 7) is 5.43. The van der Waals surface area contributed by atoms with Crippen molar-refractivity contribution < 1.29 is 19.4 Å². The molecule has 0 bridgehead atoms. The number of ether oxygens (including phenoxy) is 1. The van der Waals surface area contributed by atoms with Gasteiger partial charge in [0, 0.05) is 6.04 Å². The fourth-order valence-electron chi connectivity index (χ4n) is 3.67. The first-order valence-electron chi connectivity index (χ1n) is 11.4. The summed E-state index contributed by atoms with van der Waals surface area (Å²) in [5, 5.41) is 22.8. The Hall–Kier alpha value is -3.52. The summed E-state index contributed by atoms with van der Waals surface area (Å²) < 4.78 is 5.41. The molecule has 2 atom stereocenters. The van der Waals surface area contributed by atoms with Gasteiger partial charge in [-0.2, -0.15) is 0 Å². The summed E-state index contributed by atoms with van der Waals surface area (Å²) in [7, 11) is 0. The molecule has 0 radical (unpaired) electrons. The molecular formula is C26H32N4O4. The summed E-state index contributed by atoms with van der Waals surface area (Å²) in [5.74, 6) is -0.685. The van der Waals surface area contributed by atoms with Crippen LogP contribution in [0.4, 0.5) is 0 Å². The van der Waals surface area contributed by atoms with Crippen LogP contribution in [0.1, 0.15) is 43.2 Å². The van der Waals surface area contributed by atoms with Gasteiger partial charge >= 0.3 is 5.97 Å². The van der Waals surface area contributed by atoms with Gasteiger partial charge in [0.1, 0.15) is 5.69 Å². The molecule has 2 aromatic carbocycles. The molecule has 3 rings (SSSR count). The first-order valence-corrected chi connectivity index (χ1v) is 11.4. The van der Waals surface area contributed by atoms with Crippen molar-refractivity contribution in [1.29, 1.82) is 0 Å². The van der Waals surface area contributed by atoms with Crippen molar-refractivity contribution >= 4 is 11.9 Å². The third kappa shape index (κ3) is 6.74. The highest BCUT2D eigenvalue weighted by Gasteiger charge is 2.37. The largest absolute Gasteiger partial charge is 0.465 e. The van der Waals surface area contributed by atoms with Crippen LogP contribution in [0.5, 0.6) is 0 Å². The maximum Gasteiger partial charge on any atom is 0.314 e. The molecule has 8 nitrogen and oxygen atoms in total. The van der Waals surface area contributed by atoms with E-state index in [9.17, 15) is 14.7 Å². The Morgan fingerprint density at radius 3 is 2.35 bits per heavy atom. The van der Waals surface area contributed by atoms with Crippen LogP contribution in [0.2, 0.25) is 0 Å². The van der Waals surface area contributed by atoms with Crippen LogP contribution in [0, 0.1) is 11.3 Å². The monoisotopic (exact) mass is 464 g/mol. The van der Waals surface area contributed by atoms with E-state index in [1.165, 1.54) is 6.20 Å². The number of aromatic nitrogens is 3. The van der Waals surface area contributed by atoms with Crippen LogP contribution < -0.4 is 5.32 Å². The Balaban J connectivity index is 1.78. The molecule has 0 spiro atoms. The number of aromatic amines is 1. The summed E-state index contributed by atoms with van der Waals surface area (Å²) in [6.07, 6.45) is 2.01. The van der Waals surface area contributed by atoms with Gasteiger partial charge in [0.25, 0.3) is 5.91 Å². The van der Waals surface area contributed by atoms with Gasteiger partial charge in [-0.25, -0.2) is 0 Å². The Bertz CT molecular complexity index is 1050. The van der Waals surface area contributed by atoms with Gasteiger partial charge in [0.05, 0.1) is 24.8 Å². The highest BCUT2D eigenvalue weighted by Crippen LogP contribution is 2.27. The number of hydrogen-bond acceptors (Lipinski definition) is 6. The van der Waals surface area contributed by atoms with Crippen LogP contribution in [-0.4, -0.2) is 51.6 Å². The molecule has 2 unspecified atom stereocenters. The van der Waals surface area contributed by atoms with Crippen LogP contribution in [-0.2, 0) is 16.0 Å². The predicted molar refractivity (Wildman–Crippen MR) is 129 cm³/mol. The molecule has 1 amide bonds. The Morgan fingerprint density at radius 2 is 1.76 bits per heavy atom. The van der Waals surface area contributed by atoms with E-state index >= 15 is 0 Å². The molecule has 34 heavy (non-hydrogen) atoms. The van der Waals surface area contributed by atoms with Crippen LogP contribution >= 0.6 is 0 Å². The predicted octanol–water partition coefficient (Wildman–Crippen LogP) is 3.40. The van der Waals surface area contributed by atoms with Gasteiger partial charge in [-0.3, -0.25) is 14.7 Å². The third-order valence-corrected chi connectivity index (χ3v) is 5.62. The molecule has 180 valence electrons. The number of esters is 1. The zero-order valence-electron chi connectivity index (χ0n) is 19.8. The van der Waals surface area contributed by atoms with E-state index in [1.807, 2.05) is 68.4 Å². The van der Waals surface area contributed by atoms with Crippen molar-refractivity contribution in [3.05, 3.63) is 72.1 Å². The molecule has 0 saturated carbocycles. The summed E-state index contributed by atoms with van der Waals surface area (Å²) in [4.78, 5) is 25.5. The molecule has 8 heteroatoms. The highest BCUT2D eigenvalue weighted by atomic mass is 16.5. The molecule has 0 saturated heterocycles. The number of hydrogen-bond donors (Lipinski definition) is 3. The zero-order valence-corrected chi connectivity index (χ0v) is 19.8. The van der Waals surface area contributed by atoms with E-state index < -0.39 is 24.0 Å². The number of nitrogens with one attached hydrogen (secondary N) is 2. The van der Waals surface area contributed by atoms with Crippen molar-refractivity contribution in [3.63, 3.8) is 0 Å². The molecule has 3 aromatic rings. The maximum atomic E-state index is 12.8. The number of rotatable bonds is 11. The maximum absolute atomic E-state index is 12.8. The van der Waals surface area contributed by atoms with Gasteiger partial charge in [-0.1, -0.05) is 73.7 Å². The number of H-pyrrole nitrogens is 1. The lowest BCUT2D eigenvalue weighted by atomic mass is 9.82. The van der Waals surface area contributed by atoms with Crippen LogP contribution in [0.3, 0.4) is 0 Å². The van der Waals surface area contributed by atoms with Crippen molar-refractivity contribution in [1.82, 2.24) is 20.7 Å². The first kappa shape index (κ1) is 25.1. The van der Waals surface area contributed by atoms with Gasteiger partial charge in [-0.15, -0.1) is 5.10 Å². The summed E-state index contributed by atoms with van der Waals surface area (Å²) in [6, 6.07) is 17.7. The first-order chi connectivity index (χ1) is 16.3. The number of carbonyl (C=O) groups excluding carboxylic acids is 2. The number of amides is 1. The van der Waals surface area contributed by atoms with Gasteiger partial charge in [0.15, 0.2) is 0 Å². The minimum Gasteiger partial charge on any atom is -0.465 e. The molecule has 1 aromatic heterocycles. The molecule has 0 aliphatic carbocycles. The minimum atomic E-state index is -1.16. The van der Waals surface area contributed by atoms with E-state index in [0.29, 0.717) is 6.42 Å². The third-order valence-electron chi connectivity index (χ3n) is 5.62. The normalized spacial score (nSPS) is 13.8. The summed E-state index contributed by atoms with van der Waals surface area (Å²) in [5.41, 5.74) is 2.25. The second-order valence-electron chi connectivity index (χ2n) is 9.22. The molecule has 3 N–H and O–H groups in total. The van der Waals surface area contributed by atoms with Crippen LogP contribution in [0.15, 0.2) is 60.8 Å². The van der Waals surface area contributed by atoms with Crippen molar-refractivity contribution in [2.45, 2.75) is 39.7 Å². The molecule has 1 heterocycles. The zero-order chi connectivity index (χ0) is 24.6. The fraction of sp³-hybridized carbons (Fsp3) is 0.385.